The Labute approximate surface area is 163 Å². The van der Waals surface area contributed by atoms with Crippen LogP contribution >= 0.6 is 0 Å². The van der Waals surface area contributed by atoms with E-state index < -0.39 is 11.4 Å². The summed E-state index contributed by atoms with van der Waals surface area (Å²) in [5, 5.41) is 0. The monoisotopic (exact) mass is 384 g/mol. The molecule has 0 amide bonds. The molecule has 0 saturated carbocycles. The Morgan fingerprint density at radius 3 is 2.43 bits per heavy atom. The van der Waals surface area contributed by atoms with Gasteiger partial charge in [0.15, 0.2) is 5.88 Å². The number of rotatable bonds is 7. The van der Waals surface area contributed by atoms with Crippen molar-refractivity contribution in [3.05, 3.63) is 62.7 Å². The Morgan fingerprint density at radius 1 is 1.14 bits per heavy atom. The standard InChI is InChI=1S/C21H24N2O5/c1-13(2)6-10-16-19(24)18(21(25)28-5)17(23-20(16)27-4)11-8-14-7-9-15(26-3)12-22-14/h6-9,11-12H,10H2,1-5H3,(H,23,24)/b11-8+. The van der Waals surface area contributed by atoms with Crippen molar-refractivity contribution in [3.63, 3.8) is 0 Å². The number of ether oxygens (including phenoxy) is 3. The van der Waals surface area contributed by atoms with E-state index in [0.717, 1.165) is 5.57 Å². The number of nitrogens with one attached hydrogen (secondary N) is 1. The van der Waals surface area contributed by atoms with Crippen molar-refractivity contribution in [2.45, 2.75) is 20.3 Å². The van der Waals surface area contributed by atoms with E-state index >= 15 is 0 Å². The highest BCUT2D eigenvalue weighted by molar-refractivity contribution is 5.94. The predicted molar refractivity (Wildman–Crippen MR) is 108 cm³/mol. The normalized spacial score (nSPS) is 10.6. The lowest BCUT2D eigenvalue weighted by Crippen LogP contribution is -2.23. The van der Waals surface area contributed by atoms with E-state index in [4.69, 9.17) is 14.2 Å². The molecule has 7 nitrogen and oxygen atoms in total. The summed E-state index contributed by atoms with van der Waals surface area (Å²) in [6.07, 6.45) is 7.08. The van der Waals surface area contributed by atoms with Crippen LogP contribution in [0.15, 0.2) is 34.8 Å². The van der Waals surface area contributed by atoms with Gasteiger partial charge in [-0.1, -0.05) is 11.6 Å². The van der Waals surface area contributed by atoms with Crippen LogP contribution in [0.5, 0.6) is 11.6 Å². The zero-order chi connectivity index (χ0) is 20.7. The lowest BCUT2D eigenvalue weighted by molar-refractivity contribution is 0.0598. The highest BCUT2D eigenvalue weighted by atomic mass is 16.5. The number of carbonyl (C=O) groups excluding carboxylic acids is 1. The summed E-state index contributed by atoms with van der Waals surface area (Å²) >= 11 is 0. The minimum atomic E-state index is -0.718. The Kier molecular flexibility index (Phi) is 7.14. The summed E-state index contributed by atoms with van der Waals surface area (Å²) in [6.45, 7) is 3.86. The molecule has 2 aromatic heterocycles. The van der Waals surface area contributed by atoms with Crippen molar-refractivity contribution in [2.75, 3.05) is 21.3 Å². The van der Waals surface area contributed by atoms with Crippen LogP contribution < -0.4 is 14.9 Å². The summed E-state index contributed by atoms with van der Waals surface area (Å²) < 4.78 is 15.2. The number of methoxy groups -OCH3 is 3. The number of hydrogen-bond donors (Lipinski definition) is 1. The Morgan fingerprint density at radius 2 is 1.89 bits per heavy atom. The molecule has 1 N–H and O–H groups in total. The van der Waals surface area contributed by atoms with Crippen LogP contribution in [0.4, 0.5) is 0 Å². The van der Waals surface area contributed by atoms with Crippen LogP contribution in [0.3, 0.4) is 0 Å². The maximum atomic E-state index is 13.0. The highest BCUT2D eigenvalue weighted by Crippen LogP contribution is 2.19. The van der Waals surface area contributed by atoms with Gasteiger partial charge in [-0.15, -0.1) is 0 Å². The summed E-state index contributed by atoms with van der Waals surface area (Å²) in [7, 11) is 4.26. The van der Waals surface area contributed by atoms with E-state index in [1.165, 1.54) is 14.2 Å². The van der Waals surface area contributed by atoms with Gasteiger partial charge in [0, 0.05) is 0 Å². The quantitative estimate of drug-likeness (QED) is 0.582. The molecule has 0 unspecified atom stereocenters. The van der Waals surface area contributed by atoms with E-state index in [0.29, 0.717) is 29.3 Å². The first-order valence-electron chi connectivity index (χ1n) is 8.64. The van der Waals surface area contributed by atoms with Crippen molar-refractivity contribution < 1.29 is 19.0 Å². The number of esters is 1. The molecule has 28 heavy (non-hydrogen) atoms. The molecule has 0 saturated heterocycles. The molecule has 0 aromatic carbocycles. The van der Waals surface area contributed by atoms with Crippen molar-refractivity contribution in [3.8, 4) is 11.6 Å². The largest absolute Gasteiger partial charge is 0.495 e. The first-order chi connectivity index (χ1) is 13.4. The second kappa shape index (κ2) is 9.55. The fourth-order valence-electron chi connectivity index (χ4n) is 2.51. The van der Waals surface area contributed by atoms with Crippen LogP contribution in [-0.2, 0) is 11.2 Å². The third-order valence-corrected chi connectivity index (χ3v) is 4.02. The van der Waals surface area contributed by atoms with Gasteiger partial charge in [-0.05, 0) is 44.6 Å². The molecule has 2 aromatic rings. The van der Waals surface area contributed by atoms with Gasteiger partial charge in [0.25, 0.3) is 0 Å². The number of aromatic amines is 1. The Bertz CT molecular complexity index is 952. The average Bonchev–Trinajstić information content (AvgIpc) is 2.70. The lowest BCUT2D eigenvalue weighted by atomic mass is 10.0. The van der Waals surface area contributed by atoms with Crippen molar-refractivity contribution in [2.24, 2.45) is 0 Å². The van der Waals surface area contributed by atoms with Crippen LogP contribution in [0.25, 0.3) is 12.2 Å². The molecule has 0 bridgehead atoms. The first-order valence-corrected chi connectivity index (χ1v) is 8.64. The molecule has 148 valence electrons. The molecular formula is C21H24N2O5. The molecule has 2 heterocycles. The van der Waals surface area contributed by atoms with Crippen LogP contribution in [0.1, 0.15) is 41.2 Å². The number of H-pyrrole nitrogens is 1. The molecule has 2 rings (SSSR count). The summed E-state index contributed by atoms with van der Waals surface area (Å²) in [5.41, 5.74) is 1.82. The van der Waals surface area contributed by atoms with Crippen molar-refractivity contribution in [1.82, 2.24) is 9.97 Å². The summed E-state index contributed by atoms with van der Waals surface area (Å²) in [6, 6.07) is 3.52. The second-order valence-electron chi connectivity index (χ2n) is 6.19. The SMILES string of the molecule is COC(=O)c1c(/C=C/c2ccc(OC)cn2)[nH]c(OC)c(CC=C(C)C)c1=O. The fourth-order valence-corrected chi connectivity index (χ4v) is 2.51. The smallest absolute Gasteiger partial charge is 0.344 e. The molecule has 0 fully saturated rings. The minimum absolute atomic E-state index is 0.0785. The lowest BCUT2D eigenvalue weighted by Gasteiger charge is -2.12. The molecule has 0 spiro atoms. The van der Waals surface area contributed by atoms with Crippen molar-refractivity contribution in [1.29, 1.82) is 0 Å². The Hall–Kier alpha value is -3.35. The topological polar surface area (TPSA) is 90.5 Å². The molecule has 0 atom stereocenters. The molecule has 7 heteroatoms. The fraction of sp³-hybridized carbons (Fsp3) is 0.286. The average molecular weight is 384 g/mol. The van der Waals surface area contributed by atoms with E-state index in [1.807, 2.05) is 19.9 Å². The molecular weight excluding hydrogens is 360 g/mol. The van der Waals surface area contributed by atoms with E-state index in [2.05, 4.69) is 9.97 Å². The third kappa shape index (κ3) is 4.88. The van der Waals surface area contributed by atoms with E-state index in [1.54, 1.807) is 37.6 Å². The molecule has 0 aliphatic carbocycles. The van der Waals surface area contributed by atoms with Gasteiger partial charge in [0.05, 0.1) is 44.5 Å². The van der Waals surface area contributed by atoms with Crippen molar-refractivity contribution >= 4 is 18.1 Å². The molecule has 0 aliphatic heterocycles. The Balaban J connectivity index is 2.56. The van der Waals surface area contributed by atoms with Gasteiger partial charge in [-0.25, -0.2) is 4.79 Å². The van der Waals surface area contributed by atoms with E-state index in [9.17, 15) is 9.59 Å². The van der Waals surface area contributed by atoms with Gasteiger partial charge in [-0.2, -0.15) is 0 Å². The van der Waals surface area contributed by atoms with Crippen LogP contribution in [0, 0.1) is 0 Å². The summed E-state index contributed by atoms with van der Waals surface area (Å²) in [5.74, 6) is 0.216. The zero-order valence-electron chi connectivity index (χ0n) is 16.7. The highest BCUT2D eigenvalue weighted by Gasteiger charge is 2.21. The van der Waals surface area contributed by atoms with Gasteiger partial charge < -0.3 is 19.2 Å². The molecule has 0 radical (unpaired) electrons. The van der Waals surface area contributed by atoms with Crippen LogP contribution in [-0.4, -0.2) is 37.3 Å². The number of nitrogens with zero attached hydrogens (tertiary/aromatic N) is 1. The first kappa shape index (κ1) is 21.0. The number of aromatic nitrogens is 2. The minimum Gasteiger partial charge on any atom is -0.495 e. The maximum absolute atomic E-state index is 13.0. The number of hydrogen-bond acceptors (Lipinski definition) is 6. The van der Waals surface area contributed by atoms with Gasteiger partial charge >= 0.3 is 5.97 Å². The van der Waals surface area contributed by atoms with Crippen LogP contribution in [0.2, 0.25) is 0 Å². The van der Waals surface area contributed by atoms with E-state index in [-0.39, 0.29) is 11.3 Å². The van der Waals surface area contributed by atoms with Gasteiger partial charge in [-0.3, -0.25) is 9.78 Å². The zero-order valence-corrected chi connectivity index (χ0v) is 16.7. The number of pyridine rings is 2. The van der Waals surface area contributed by atoms with Gasteiger partial charge in [0.1, 0.15) is 11.3 Å². The molecule has 0 aliphatic rings. The maximum Gasteiger partial charge on any atom is 0.344 e. The summed E-state index contributed by atoms with van der Waals surface area (Å²) in [4.78, 5) is 32.5. The van der Waals surface area contributed by atoms with Gasteiger partial charge in [0.2, 0.25) is 5.43 Å². The second-order valence-corrected chi connectivity index (χ2v) is 6.19. The predicted octanol–water partition coefficient (Wildman–Crippen LogP) is 3.25. The third-order valence-electron chi connectivity index (χ3n) is 4.02. The number of allylic oxidation sites excluding steroid dienone is 2. The number of carbonyl (C=O) groups is 1.